The summed E-state index contributed by atoms with van der Waals surface area (Å²) in [5.74, 6) is -0.467. The van der Waals surface area contributed by atoms with Gasteiger partial charge in [-0.1, -0.05) is 48.5 Å². The third-order valence-electron chi connectivity index (χ3n) is 5.14. The van der Waals surface area contributed by atoms with E-state index in [0.29, 0.717) is 6.61 Å². The van der Waals surface area contributed by atoms with Crippen molar-refractivity contribution in [1.29, 1.82) is 0 Å². The number of carboxylic acids is 1. The highest BCUT2D eigenvalue weighted by Gasteiger charge is 2.21. The van der Waals surface area contributed by atoms with Crippen LogP contribution in [0.4, 0.5) is 11.4 Å². The van der Waals surface area contributed by atoms with Crippen LogP contribution in [0.15, 0.2) is 78.6 Å². The normalized spacial score (nSPS) is 12.7. The average Bonchev–Trinajstić information content (AvgIpc) is 2.77. The van der Waals surface area contributed by atoms with E-state index in [-0.39, 0.29) is 5.76 Å². The highest BCUT2D eigenvalue weighted by Crippen LogP contribution is 2.38. The maximum Gasteiger partial charge on any atom is 0.371 e. The highest BCUT2D eigenvalue weighted by molar-refractivity contribution is 5.89. The van der Waals surface area contributed by atoms with Crippen molar-refractivity contribution in [3.63, 3.8) is 0 Å². The molecule has 3 aromatic rings. The van der Waals surface area contributed by atoms with Crippen molar-refractivity contribution in [3.8, 4) is 5.75 Å². The largest absolute Gasteiger partial charge is 0.492 e. The van der Waals surface area contributed by atoms with E-state index in [4.69, 9.17) is 14.6 Å². The van der Waals surface area contributed by atoms with Crippen LogP contribution in [0, 0.1) is 0 Å². The predicted octanol–water partition coefficient (Wildman–Crippen LogP) is 4.88. The number of ether oxygens (including phenoxy) is 2. The van der Waals surface area contributed by atoms with E-state index in [1.54, 1.807) is 0 Å². The molecular formula is C25H23NO4. The number of fused-ring (bicyclic) bond motifs is 2. The summed E-state index contributed by atoms with van der Waals surface area (Å²) in [6, 6.07) is 24.2. The van der Waals surface area contributed by atoms with E-state index >= 15 is 0 Å². The Morgan fingerprint density at radius 2 is 1.57 bits per heavy atom. The van der Waals surface area contributed by atoms with Crippen LogP contribution in [-0.4, -0.2) is 31.3 Å². The number of para-hydroxylation sites is 2. The first-order valence-corrected chi connectivity index (χ1v) is 9.81. The molecule has 5 heteroatoms. The number of benzene rings is 3. The Hall–Kier alpha value is -3.73. The number of carbonyl (C=O) groups is 1. The minimum atomic E-state index is -1.10. The fourth-order valence-corrected chi connectivity index (χ4v) is 3.70. The van der Waals surface area contributed by atoms with Gasteiger partial charge in [-0.05, 0) is 47.0 Å². The van der Waals surface area contributed by atoms with Crippen LogP contribution in [0.1, 0.15) is 16.7 Å². The molecule has 3 aromatic carbocycles. The first-order chi connectivity index (χ1) is 14.7. The van der Waals surface area contributed by atoms with E-state index in [1.165, 1.54) is 35.7 Å². The molecule has 0 saturated heterocycles. The molecule has 0 saturated carbocycles. The summed E-state index contributed by atoms with van der Waals surface area (Å²) in [7, 11) is 1.34. The SMILES string of the molecule is COC(=Cc1ccc(OCCN2c3ccccc3Cc3ccccc32)cc1)C(=O)O. The van der Waals surface area contributed by atoms with Crippen molar-refractivity contribution in [2.75, 3.05) is 25.2 Å². The number of hydrogen-bond donors (Lipinski definition) is 1. The molecule has 0 unspecified atom stereocenters. The van der Waals surface area contributed by atoms with Crippen LogP contribution in [0.3, 0.4) is 0 Å². The Morgan fingerprint density at radius 1 is 0.967 bits per heavy atom. The Balaban J connectivity index is 1.44. The van der Waals surface area contributed by atoms with Gasteiger partial charge in [0.15, 0.2) is 0 Å². The molecule has 0 amide bonds. The molecule has 0 aliphatic carbocycles. The van der Waals surface area contributed by atoms with Gasteiger partial charge >= 0.3 is 5.97 Å². The zero-order chi connectivity index (χ0) is 20.9. The van der Waals surface area contributed by atoms with E-state index in [0.717, 1.165) is 24.3 Å². The molecule has 0 spiro atoms. The summed E-state index contributed by atoms with van der Waals surface area (Å²) < 4.78 is 10.8. The molecule has 4 rings (SSSR count). The van der Waals surface area contributed by atoms with Crippen LogP contribution in [0.2, 0.25) is 0 Å². The van der Waals surface area contributed by atoms with Gasteiger partial charge in [0, 0.05) is 17.8 Å². The minimum absolute atomic E-state index is 0.105. The summed E-state index contributed by atoms with van der Waals surface area (Å²) in [6.45, 7) is 1.25. The van der Waals surface area contributed by atoms with Gasteiger partial charge in [-0.3, -0.25) is 0 Å². The fourth-order valence-electron chi connectivity index (χ4n) is 3.70. The molecule has 1 aliphatic rings. The highest BCUT2D eigenvalue weighted by atomic mass is 16.5. The number of hydrogen-bond acceptors (Lipinski definition) is 4. The Bertz CT molecular complexity index is 1030. The topological polar surface area (TPSA) is 59.0 Å². The molecule has 30 heavy (non-hydrogen) atoms. The molecule has 1 N–H and O–H groups in total. The van der Waals surface area contributed by atoms with Gasteiger partial charge in [0.25, 0.3) is 0 Å². The maximum atomic E-state index is 11.0. The Morgan fingerprint density at radius 3 is 2.13 bits per heavy atom. The third kappa shape index (κ3) is 4.15. The van der Waals surface area contributed by atoms with Crippen molar-refractivity contribution in [3.05, 3.63) is 95.2 Å². The zero-order valence-electron chi connectivity index (χ0n) is 16.7. The van der Waals surface area contributed by atoms with E-state index in [2.05, 4.69) is 53.4 Å². The number of methoxy groups -OCH3 is 1. The third-order valence-corrected chi connectivity index (χ3v) is 5.14. The summed E-state index contributed by atoms with van der Waals surface area (Å²) in [5.41, 5.74) is 5.82. The molecular weight excluding hydrogens is 378 g/mol. The standard InChI is InChI=1S/C25H23NO4/c1-29-24(25(27)28)16-18-10-12-21(13-11-18)30-15-14-26-22-8-4-2-6-19(22)17-20-7-3-5-9-23(20)26/h2-13,16H,14-15,17H2,1H3,(H,27,28). The Labute approximate surface area is 175 Å². The van der Waals surface area contributed by atoms with E-state index in [1.807, 2.05) is 24.3 Å². The summed E-state index contributed by atoms with van der Waals surface area (Å²) in [4.78, 5) is 13.4. The van der Waals surface area contributed by atoms with Crippen molar-refractivity contribution in [2.45, 2.75) is 6.42 Å². The maximum absolute atomic E-state index is 11.0. The smallest absolute Gasteiger partial charge is 0.371 e. The number of rotatable bonds is 7. The van der Waals surface area contributed by atoms with Crippen molar-refractivity contribution >= 4 is 23.4 Å². The summed E-state index contributed by atoms with van der Waals surface area (Å²) in [6.07, 6.45) is 2.42. The molecule has 0 radical (unpaired) electrons. The molecule has 1 heterocycles. The molecule has 5 nitrogen and oxygen atoms in total. The quantitative estimate of drug-likeness (QED) is 0.452. The second-order valence-corrected chi connectivity index (χ2v) is 7.02. The first-order valence-electron chi connectivity index (χ1n) is 9.81. The Kier molecular flexibility index (Phi) is 5.70. The first kappa shape index (κ1) is 19.6. The molecule has 152 valence electrons. The van der Waals surface area contributed by atoms with Gasteiger partial charge in [0.2, 0.25) is 5.76 Å². The predicted molar refractivity (Wildman–Crippen MR) is 117 cm³/mol. The second kappa shape index (κ2) is 8.74. The van der Waals surface area contributed by atoms with Crippen molar-refractivity contribution < 1.29 is 19.4 Å². The number of carboxylic acid groups (broad SMARTS) is 1. The van der Waals surface area contributed by atoms with Gasteiger partial charge in [-0.25, -0.2) is 4.79 Å². The van der Waals surface area contributed by atoms with Gasteiger partial charge in [0.05, 0.1) is 13.7 Å². The molecule has 0 atom stereocenters. The lowest BCUT2D eigenvalue weighted by atomic mass is 9.96. The van der Waals surface area contributed by atoms with Crippen molar-refractivity contribution in [1.82, 2.24) is 0 Å². The number of aliphatic carboxylic acids is 1. The molecule has 0 bridgehead atoms. The van der Waals surface area contributed by atoms with E-state index < -0.39 is 5.97 Å². The lowest BCUT2D eigenvalue weighted by Crippen LogP contribution is -2.28. The van der Waals surface area contributed by atoms with Crippen LogP contribution in [0.25, 0.3) is 6.08 Å². The van der Waals surface area contributed by atoms with E-state index in [9.17, 15) is 4.79 Å². The van der Waals surface area contributed by atoms with Crippen LogP contribution < -0.4 is 9.64 Å². The zero-order valence-corrected chi connectivity index (χ0v) is 16.7. The van der Waals surface area contributed by atoms with Gasteiger partial charge in [-0.15, -0.1) is 0 Å². The van der Waals surface area contributed by atoms with Gasteiger partial charge < -0.3 is 19.5 Å². The molecule has 0 fully saturated rings. The van der Waals surface area contributed by atoms with Crippen LogP contribution in [0.5, 0.6) is 5.75 Å². The average molecular weight is 401 g/mol. The number of anilines is 2. The lowest BCUT2D eigenvalue weighted by molar-refractivity contribution is -0.135. The monoisotopic (exact) mass is 401 g/mol. The minimum Gasteiger partial charge on any atom is -0.492 e. The lowest BCUT2D eigenvalue weighted by Gasteiger charge is -2.33. The van der Waals surface area contributed by atoms with Gasteiger partial charge in [0.1, 0.15) is 12.4 Å². The summed E-state index contributed by atoms with van der Waals surface area (Å²) >= 11 is 0. The summed E-state index contributed by atoms with van der Waals surface area (Å²) in [5, 5.41) is 9.05. The number of nitrogens with zero attached hydrogens (tertiary/aromatic N) is 1. The molecule has 1 aliphatic heterocycles. The van der Waals surface area contributed by atoms with Crippen LogP contribution >= 0.6 is 0 Å². The fraction of sp³-hybridized carbons (Fsp3) is 0.160. The van der Waals surface area contributed by atoms with Crippen LogP contribution in [-0.2, 0) is 16.0 Å². The second-order valence-electron chi connectivity index (χ2n) is 7.02. The molecule has 0 aromatic heterocycles. The van der Waals surface area contributed by atoms with Gasteiger partial charge in [-0.2, -0.15) is 0 Å². The van der Waals surface area contributed by atoms with Crippen molar-refractivity contribution in [2.24, 2.45) is 0 Å².